The smallest absolute Gasteiger partial charge is 0.370 e. The van der Waals surface area contributed by atoms with Gasteiger partial charge in [0, 0.05) is 31.3 Å². The molecule has 164 valence electrons. The van der Waals surface area contributed by atoms with Crippen molar-refractivity contribution in [2.45, 2.75) is 38.5 Å². The Morgan fingerprint density at radius 1 is 1.10 bits per heavy atom. The molecule has 1 aliphatic heterocycles. The summed E-state index contributed by atoms with van der Waals surface area (Å²) < 4.78 is 47.5. The van der Waals surface area contributed by atoms with Gasteiger partial charge in [0.1, 0.15) is 11.6 Å². The minimum atomic E-state index is -4.25. The lowest BCUT2D eigenvalue weighted by atomic mass is 10.1. The number of alkyl halides is 3. The van der Waals surface area contributed by atoms with Gasteiger partial charge in [-0.05, 0) is 20.3 Å². The number of ether oxygens (including phenoxy) is 1. The van der Waals surface area contributed by atoms with Crippen molar-refractivity contribution in [3.63, 3.8) is 0 Å². The van der Waals surface area contributed by atoms with Crippen LogP contribution in [0.5, 0.6) is 0 Å². The highest BCUT2D eigenvalue weighted by atomic mass is 19.4. The molecule has 3 aromatic rings. The van der Waals surface area contributed by atoms with E-state index in [9.17, 15) is 13.2 Å². The van der Waals surface area contributed by atoms with E-state index in [4.69, 9.17) is 4.74 Å². The monoisotopic (exact) mass is 433 g/mol. The summed E-state index contributed by atoms with van der Waals surface area (Å²) in [6, 6.07) is 0. The van der Waals surface area contributed by atoms with E-state index >= 15 is 0 Å². The largest absolute Gasteiger partial charge is 0.392 e. The Kier molecular flexibility index (Phi) is 4.61. The van der Waals surface area contributed by atoms with Crippen LogP contribution in [0.15, 0.2) is 12.4 Å². The second kappa shape index (κ2) is 7.11. The molecule has 8 nitrogen and oxygen atoms in total. The van der Waals surface area contributed by atoms with Crippen molar-refractivity contribution in [1.82, 2.24) is 29.7 Å². The number of anilines is 1. The van der Waals surface area contributed by atoms with Crippen LogP contribution in [0.2, 0.25) is 0 Å². The molecule has 0 aromatic carbocycles. The van der Waals surface area contributed by atoms with E-state index in [2.05, 4.69) is 25.0 Å². The molecule has 0 amide bonds. The Morgan fingerprint density at radius 2 is 1.87 bits per heavy atom. The molecule has 5 rings (SSSR count). The molecular formula is C20H22F3N7O. The van der Waals surface area contributed by atoms with E-state index in [0.29, 0.717) is 53.9 Å². The number of aromatic nitrogens is 6. The molecule has 0 radical (unpaired) electrons. The SMILES string of the molecule is Cc1nc2nc(N3CCO[C@H](c4cnn(C)c4)C3)nc([C@@H]3C[C@H]3C(F)(F)F)c2nc1C. The number of morpholine rings is 1. The summed E-state index contributed by atoms with van der Waals surface area (Å²) in [5.74, 6) is -1.74. The van der Waals surface area contributed by atoms with Crippen LogP contribution in [0.25, 0.3) is 11.2 Å². The van der Waals surface area contributed by atoms with Crippen molar-refractivity contribution in [1.29, 1.82) is 0 Å². The molecule has 3 aromatic heterocycles. The Labute approximate surface area is 176 Å². The molecule has 2 fully saturated rings. The molecule has 0 bridgehead atoms. The summed E-state index contributed by atoms with van der Waals surface area (Å²) in [4.78, 5) is 20.1. The molecule has 2 aliphatic rings. The predicted molar refractivity (Wildman–Crippen MR) is 106 cm³/mol. The fraction of sp³-hybridized carbons (Fsp3) is 0.550. The van der Waals surface area contributed by atoms with E-state index < -0.39 is 18.0 Å². The molecule has 1 saturated heterocycles. The average molecular weight is 433 g/mol. The standard InChI is InChI=1S/C20H22F3N7O/c1-10-11(2)26-18-17(25-10)16(13-6-14(13)20(21,22)23)27-19(28-18)30-4-5-31-15(9-30)12-7-24-29(3)8-12/h7-8,13-15H,4-6,9H2,1-3H3/t13-,14-,15+/m1/s1. The molecule has 0 spiro atoms. The molecule has 4 heterocycles. The second-order valence-corrected chi connectivity index (χ2v) is 8.22. The summed E-state index contributed by atoms with van der Waals surface area (Å²) in [5, 5.41) is 4.19. The third-order valence-electron chi connectivity index (χ3n) is 5.97. The van der Waals surface area contributed by atoms with Gasteiger partial charge in [0.15, 0.2) is 5.65 Å². The van der Waals surface area contributed by atoms with Crippen LogP contribution in [0.3, 0.4) is 0 Å². The van der Waals surface area contributed by atoms with Crippen LogP contribution in [0.1, 0.15) is 41.1 Å². The van der Waals surface area contributed by atoms with Gasteiger partial charge in [0.05, 0.1) is 42.3 Å². The first-order valence-corrected chi connectivity index (χ1v) is 10.2. The Hall–Kier alpha value is -2.82. The highest BCUT2D eigenvalue weighted by molar-refractivity contribution is 5.75. The number of halogens is 3. The van der Waals surface area contributed by atoms with Crippen LogP contribution in [-0.2, 0) is 11.8 Å². The van der Waals surface area contributed by atoms with Crippen molar-refractivity contribution in [3.8, 4) is 0 Å². The molecule has 3 atom stereocenters. The lowest BCUT2D eigenvalue weighted by Crippen LogP contribution is -2.39. The quantitative estimate of drug-likeness (QED) is 0.628. The summed E-state index contributed by atoms with van der Waals surface area (Å²) >= 11 is 0. The number of nitrogens with zero attached hydrogens (tertiary/aromatic N) is 7. The van der Waals surface area contributed by atoms with Crippen LogP contribution < -0.4 is 4.90 Å². The van der Waals surface area contributed by atoms with Gasteiger partial charge in [-0.25, -0.2) is 15.0 Å². The van der Waals surface area contributed by atoms with Crippen molar-refractivity contribution >= 4 is 17.1 Å². The fourth-order valence-corrected chi connectivity index (χ4v) is 4.02. The first-order chi connectivity index (χ1) is 14.7. The van der Waals surface area contributed by atoms with Crippen molar-refractivity contribution in [2.24, 2.45) is 13.0 Å². The maximum absolute atomic E-state index is 13.3. The number of rotatable bonds is 3. The van der Waals surface area contributed by atoms with Gasteiger partial charge < -0.3 is 9.64 Å². The second-order valence-electron chi connectivity index (χ2n) is 8.22. The number of hydrogen-bond acceptors (Lipinski definition) is 7. The van der Waals surface area contributed by atoms with Gasteiger partial charge in [-0.3, -0.25) is 4.68 Å². The third-order valence-corrected chi connectivity index (χ3v) is 5.97. The van der Waals surface area contributed by atoms with E-state index in [-0.39, 0.29) is 12.5 Å². The lowest BCUT2D eigenvalue weighted by molar-refractivity contribution is -0.148. The number of aryl methyl sites for hydroxylation is 3. The molecule has 0 unspecified atom stereocenters. The van der Waals surface area contributed by atoms with Crippen LogP contribution >= 0.6 is 0 Å². The number of hydrogen-bond donors (Lipinski definition) is 0. The Bertz CT molecular complexity index is 1150. The maximum Gasteiger partial charge on any atom is 0.392 e. The van der Waals surface area contributed by atoms with Gasteiger partial charge in [-0.2, -0.15) is 23.3 Å². The van der Waals surface area contributed by atoms with Crippen LogP contribution in [0.4, 0.5) is 19.1 Å². The summed E-state index contributed by atoms with van der Waals surface area (Å²) in [7, 11) is 1.83. The molecular weight excluding hydrogens is 411 g/mol. The Balaban J connectivity index is 1.54. The molecule has 0 N–H and O–H groups in total. The van der Waals surface area contributed by atoms with Gasteiger partial charge in [0.25, 0.3) is 0 Å². The third kappa shape index (κ3) is 3.71. The summed E-state index contributed by atoms with van der Waals surface area (Å²) in [6.07, 6.45) is -0.822. The van der Waals surface area contributed by atoms with Crippen molar-refractivity contribution in [2.75, 3.05) is 24.6 Å². The molecule has 11 heteroatoms. The van der Waals surface area contributed by atoms with Crippen molar-refractivity contribution in [3.05, 3.63) is 35.0 Å². The summed E-state index contributed by atoms with van der Waals surface area (Å²) in [6.45, 7) is 5.05. The van der Waals surface area contributed by atoms with E-state index in [1.165, 1.54) is 0 Å². The van der Waals surface area contributed by atoms with Crippen LogP contribution in [-0.4, -0.2) is 55.6 Å². The Morgan fingerprint density at radius 3 is 2.55 bits per heavy atom. The lowest BCUT2D eigenvalue weighted by Gasteiger charge is -2.32. The van der Waals surface area contributed by atoms with Gasteiger partial charge >= 0.3 is 6.18 Å². The topological polar surface area (TPSA) is 81.9 Å². The van der Waals surface area contributed by atoms with Crippen molar-refractivity contribution < 1.29 is 17.9 Å². The molecule has 1 aliphatic carbocycles. The van der Waals surface area contributed by atoms with E-state index in [0.717, 1.165) is 5.56 Å². The minimum Gasteiger partial charge on any atom is -0.370 e. The minimum absolute atomic E-state index is 0.0189. The molecule has 31 heavy (non-hydrogen) atoms. The molecule has 1 saturated carbocycles. The van der Waals surface area contributed by atoms with Gasteiger partial charge in [-0.1, -0.05) is 0 Å². The first kappa shape index (κ1) is 20.1. The number of fused-ring (bicyclic) bond motifs is 1. The maximum atomic E-state index is 13.3. The zero-order chi connectivity index (χ0) is 21.9. The summed E-state index contributed by atoms with van der Waals surface area (Å²) in [5.41, 5.74) is 3.32. The average Bonchev–Trinajstić information content (AvgIpc) is 3.43. The normalized spacial score (nSPS) is 24.1. The van der Waals surface area contributed by atoms with Crippen LogP contribution in [0, 0.1) is 19.8 Å². The zero-order valence-electron chi connectivity index (χ0n) is 17.4. The van der Waals surface area contributed by atoms with E-state index in [1.54, 1.807) is 17.8 Å². The van der Waals surface area contributed by atoms with Gasteiger partial charge in [-0.15, -0.1) is 0 Å². The van der Waals surface area contributed by atoms with E-state index in [1.807, 2.05) is 25.1 Å². The predicted octanol–water partition coefficient (Wildman–Crippen LogP) is 3.01. The highest BCUT2D eigenvalue weighted by Crippen LogP contribution is 2.56. The first-order valence-electron chi connectivity index (χ1n) is 10.2. The zero-order valence-corrected chi connectivity index (χ0v) is 17.4. The fourth-order valence-electron chi connectivity index (χ4n) is 4.02. The highest BCUT2D eigenvalue weighted by Gasteiger charge is 2.57. The van der Waals surface area contributed by atoms with Gasteiger partial charge in [0.2, 0.25) is 5.95 Å².